The number of benzene rings is 1. The molecule has 0 fully saturated rings. The van der Waals surface area contributed by atoms with Gasteiger partial charge in [0.2, 0.25) is 0 Å². The first kappa shape index (κ1) is 11.1. The van der Waals surface area contributed by atoms with Gasteiger partial charge in [-0.3, -0.25) is 4.79 Å². The number of guanidine groups is 1. The Bertz CT molecular complexity index is 597. The van der Waals surface area contributed by atoms with Crippen molar-refractivity contribution in [3.05, 3.63) is 29.8 Å². The maximum absolute atomic E-state index is 12.2. The number of thioether (sulfide) groups is 1. The maximum atomic E-state index is 12.2. The van der Waals surface area contributed by atoms with Crippen LogP contribution in [0.15, 0.2) is 34.3 Å². The number of carbonyl (C=O) groups excluding carboxylic acids is 1. The van der Waals surface area contributed by atoms with E-state index in [0.29, 0.717) is 5.17 Å². The fourth-order valence-corrected chi connectivity index (χ4v) is 2.49. The molecule has 6 nitrogen and oxygen atoms in total. The van der Waals surface area contributed by atoms with Crippen LogP contribution in [0.3, 0.4) is 0 Å². The molecule has 0 unspecified atom stereocenters. The van der Waals surface area contributed by atoms with Gasteiger partial charge in [-0.05, 0) is 12.3 Å². The van der Waals surface area contributed by atoms with E-state index in [1.165, 1.54) is 11.8 Å². The van der Waals surface area contributed by atoms with Crippen LogP contribution in [0.2, 0.25) is 0 Å². The predicted octanol–water partition coefficient (Wildman–Crippen LogP) is 0.428. The summed E-state index contributed by atoms with van der Waals surface area (Å²) in [7, 11) is 0. The minimum atomic E-state index is -1.27. The average molecular weight is 261 g/mol. The number of carbonyl (C=O) groups is 1. The highest BCUT2D eigenvalue weighted by Gasteiger charge is 2.49. The number of amidine groups is 1. The van der Waals surface area contributed by atoms with Crippen molar-refractivity contribution in [3.63, 3.8) is 0 Å². The Hall–Kier alpha value is -2.02. The summed E-state index contributed by atoms with van der Waals surface area (Å²) in [5.41, 5.74) is 5.92. The third-order valence-corrected chi connectivity index (χ3v) is 3.42. The minimum absolute atomic E-state index is 0.196. The molecule has 1 amide bonds. The van der Waals surface area contributed by atoms with E-state index >= 15 is 0 Å². The molecule has 2 aliphatic heterocycles. The maximum Gasteiger partial charge on any atom is 0.280 e. The SMILES string of the molecule is CSC1=N[C@]2(N=C(N)N1)C(=O)Nc1ccccc12. The molecule has 0 saturated carbocycles. The Labute approximate surface area is 108 Å². The summed E-state index contributed by atoms with van der Waals surface area (Å²) in [6, 6.07) is 7.36. The molecule has 0 radical (unpaired) electrons. The Morgan fingerprint density at radius 2 is 2.06 bits per heavy atom. The molecular weight excluding hydrogens is 250 g/mol. The van der Waals surface area contributed by atoms with E-state index in [1.54, 1.807) is 0 Å². The number of fused-ring (bicyclic) bond motifs is 2. The number of hydrogen-bond acceptors (Lipinski definition) is 6. The van der Waals surface area contributed by atoms with Gasteiger partial charge in [0.25, 0.3) is 11.6 Å². The average Bonchev–Trinajstić information content (AvgIpc) is 2.62. The molecule has 2 heterocycles. The molecule has 4 N–H and O–H groups in total. The van der Waals surface area contributed by atoms with Crippen molar-refractivity contribution in [1.29, 1.82) is 0 Å². The number of aliphatic imine (C=N–C) groups is 2. The summed E-state index contributed by atoms with van der Waals surface area (Å²) >= 11 is 1.39. The highest BCUT2D eigenvalue weighted by atomic mass is 32.2. The van der Waals surface area contributed by atoms with E-state index in [2.05, 4.69) is 20.6 Å². The van der Waals surface area contributed by atoms with Crippen LogP contribution < -0.4 is 16.4 Å². The van der Waals surface area contributed by atoms with Crippen LogP contribution in [0.5, 0.6) is 0 Å². The lowest BCUT2D eigenvalue weighted by Crippen LogP contribution is -2.46. The van der Waals surface area contributed by atoms with Gasteiger partial charge in [-0.25, -0.2) is 9.98 Å². The number of anilines is 1. The third kappa shape index (κ3) is 1.40. The van der Waals surface area contributed by atoms with Crippen LogP contribution in [-0.4, -0.2) is 23.3 Å². The summed E-state index contributed by atoms with van der Waals surface area (Å²) in [4.78, 5) is 20.8. The molecule has 1 aromatic carbocycles. The first-order valence-electron chi connectivity index (χ1n) is 5.33. The normalized spacial score (nSPS) is 25.1. The van der Waals surface area contributed by atoms with Gasteiger partial charge in [0, 0.05) is 11.3 Å². The number of hydrogen-bond donors (Lipinski definition) is 3. The van der Waals surface area contributed by atoms with Crippen LogP contribution >= 0.6 is 11.8 Å². The zero-order valence-electron chi connectivity index (χ0n) is 9.60. The smallest absolute Gasteiger partial charge is 0.280 e. The molecule has 3 rings (SSSR count). The van der Waals surface area contributed by atoms with Crippen molar-refractivity contribution in [2.75, 3.05) is 11.6 Å². The summed E-state index contributed by atoms with van der Waals surface area (Å²) < 4.78 is 0. The molecule has 1 aromatic rings. The quantitative estimate of drug-likeness (QED) is 0.631. The monoisotopic (exact) mass is 261 g/mol. The lowest BCUT2D eigenvalue weighted by Gasteiger charge is -2.24. The Morgan fingerprint density at radius 3 is 2.83 bits per heavy atom. The topological polar surface area (TPSA) is 91.9 Å². The zero-order chi connectivity index (χ0) is 12.8. The number of nitrogens with zero attached hydrogens (tertiary/aromatic N) is 2. The van der Waals surface area contributed by atoms with E-state index in [-0.39, 0.29) is 11.9 Å². The van der Waals surface area contributed by atoms with E-state index < -0.39 is 5.66 Å². The molecule has 0 saturated heterocycles. The van der Waals surface area contributed by atoms with Crippen LogP contribution in [0.25, 0.3) is 0 Å². The lowest BCUT2D eigenvalue weighted by molar-refractivity contribution is -0.120. The number of para-hydroxylation sites is 1. The van der Waals surface area contributed by atoms with E-state index in [9.17, 15) is 4.79 Å². The Balaban J connectivity index is 2.23. The van der Waals surface area contributed by atoms with Gasteiger partial charge in [0.1, 0.15) is 0 Å². The van der Waals surface area contributed by atoms with Gasteiger partial charge in [-0.1, -0.05) is 30.0 Å². The van der Waals surface area contributed by atoms with E-state index in [1.807, 2.05) is 30.5 Å². The van der Waals surface area contributed by atoms with Crippen molar-refractivity contribution in [3.8, 4) is 0 Å². The van der Waals surface area contributed by atoms with E-state index in [4.69, 9.17) is 5.73 Å². The standard InChI is InChI=1S/C11H11N5OS/c1-18-10-14-9(12)15-11(16-10)6-4-2-3-5-7(6)13-8(11)17/h2-5H,1H3,(H,13,17)(H3,12,14,15,16)/t11-/m0/s1. The molecule has 0 aliphatic carbocycles. The number of nitrogens with two attached hydrogens (primary N) is 1. The Kier molecular flexibility index (Phi) is 2.30. The second-order valence-corrected chi connectivity index (χ2v) is 4.71. The van der Waals surface area contributed by atoms with Crippen molar-refractivity contribution >= 4 is 34.5 Å². The van der Waals surface area contributed by atoms with Crippen LogP contribution in [0, 0.1) is 0 Å². The molecule has 18 heavy (non-hydrogen) atoms. The van der Waals surface area contributed by atoms with Crippen molar-refractivity contribution in [1.82, 2.24) is 5.32 Å². The fourth-order valence-electron chi connectivity index (χ4n) is 2.06. The van der Waals surface area contributed by atoms with Crippen LogP contribution in [-0.2, 0) is 10.5 Å². The third-order valence-electron chi connectivity index (χ3n) is 2.84. The van der Waals surface area contributed by atoms with Gasteiger partial charge >= 0.3 is 0 Å². The first-order valence-corrected chi connectivity index (χ1v) is 6.55. The minimum Gasteiger partial charge on any atom is -0.370 e. The molecular formula is C11H11N5OS. The van der Waals surface area contributed by atoms with E-state index in [0.717, 1.165) is 11.3 Å². The lowest BCUT2D eigenvalue weighted by atomic mass is 10.0. The van der Waals surface area contributed by atoms with Crippen LogP contribution in [0.4, 0.5) is 5.69 Å². The largest absolute Gasteiger partial charge is 0.370 e. The number of rotatable bonds is 0. The highest BCUT2D eigenvalue weighted by Crippen LogP contribution is 2.41. The number of amides is 1. The molecule has 1 atom stereocenters. The molecule has 0 bridgehead atoms. The van der Waals surface area contributed by atoms with Gasteiger partial charge in [-0.15, -0.1) is 0 Å². The summed E-state index contributed by atoms with van der Waals surface area (Å²) in [6.07, 6.45) is 1.86. The molecule has 7 heteroatoms. The Morgan fingerprint density at radius 1 is 1.28 bits per heavy atom. The predicted molar refractivity (Wildman–Crippen MR) is 72.5 cm³/mol. The molecule has 0 aromatic heterocycles. The van der Waals surface area contributed by atoms with Crippen LogP contribution in [0.1, 0.15) is 5.56 Å². The molecule has 92 valence electrons. The summed E-state index contributed by atoms with van der Waals surface area (Å²) in [5.74, 6) is -0.0825. The second kappa shape index (κ2) is 3.74. The molecule has 1 spiro atoms. The number of nitrogens with one attached hydrogen (secondary N) is 2. The van der Waals surface area contributed by atoms with Gasteiger partial charge in [-0.2, -0.15) is 0 Å². The van der Waals surface area contributed by atoms with Crippen molar-refractivity contribution < 1.29 is 4.79 Å². The van der Waals surface area contributed by atoms with Gasteiger partial charge in [0.15, 0.2) is 11.1 Å². The fraction of sp³-hybridized carbons (Fsp3) is 0.182. The van der Waals surface area contributed by atoms with Crippen molar-refractivity contribution in [2.24, 2.45) is 15.7 Å². The summed E-state index contributed by atoms with van der Waals surface area (Å²) in [6.45, 7) is 0. The zero-order valence-corrected chi connectivity index (χ0v) is 10.4. The highest BCUT2D eigenvalue weighted by molar-refractivity contribution is 8.13. The van der Waals surface area contributed by atoms with Gasteiger partial charge in [0.05, 0.1) is 0 Å². The second-order valence-electron chi connectivity index (χ2n) is 3.92. The molecule has 2 aliphatic rings. The first-order chi connectivity index (χ1) is 8.65. The van der Waals surface area contributed by atoms with Gasteiger partial charge < -0.3 is 16.4 Å². The summed E-state index contributed by atoms with van der Waals surface area (Å²) in [5, 5.41) is 6.18. The van der Waals surface area contributed by atoms with Crippen molar-refractivity contribution in [2.45, 2.75) is 5.66 Å².